The summed E-state index contributed by atoms with van der Waals surface area (Å²) >= 11 is 0. The average Bonchev–Trinajstić information content (AvgIpc) is 3.12. The van der Waals surface area contributed by atoms with Crippen LogP contribution in [0.1, 0.15) is 35.1 Å². The van der Waals surface area contributed by atoms with Gasteiger partial charge in [-0.3, -0.25) is 0 Å². The van der Waals surface area contributed by atoms with Crippen LogP contribution >= 0.6 is 0 Å². The van der Waals surface area contributed by atoms with Crippen LogP contribution in [0.15, 0.2) is 72.8 Å². The van der Waals surface area contributed by atoms with Crippen LogP contribution in [0, 0.1) is 11.6 Å². The highest BCUT2D eigenvalue weighted by Gasteiger charge is 2.16. The third-order valence-corrected chi connectivity index (χ3v) is 4.80. The first-order valence-electron chi connectivity index (χ1n) is 9.96. The van der Waals surface area contributed by atoms with E-state index in [1.807, 2.05) is 28.8 Å². The molecule has 4 nitrogen and oxygen atoms in total. The number of carbonyl (C=O) groups excluding carboxylic acids is 1. The maximum atomic E-state index is 13.5. The van der Waals surface area contributed by atoms with Crippen molar-refractivity contribution in [2.75, 3.05) is 0 Å². The highest BCUT2D eigenvalue weighted by atomic mass is 19.1. The van der Waals surface area contributed by atoms with Gasteiger partial charge < -0.3 is 9.30 Å². The van der Waals surface area contributed by atoms with Crippen molar-refractivity contribution in [3.8, 4) is 0 Å². The smallest absolute Gasteiger partial charge is 0.343 e. The number of imidazole rings is 1. The third-order valence-electron chi connectivity index (χ3n) is 4.80. The lowest BCUT2D eigenvalue weighted by atomic mass is 10.1. The molecule has 0 radical (unpaired) electrons. The number of ether oxygens (including phenoxy) is 1. The minimum absolute atomic E-state index is 0.205. The fourth-order valence-corrected chi connectivity index (χ4v) is 3.31. The van der Waals surface area contributed by atoms with Crippen molar-refractivity contribution in [2.24, 2.45) is 0 Å². The summed E-state index contributed by atoms with van der Waals surface area (Å²) in [6.07, 6.45) is 2.56. The van der Waals surface area contributed by atoms with E-state index in [1.165, 1.54) is 48.5 Å². The summed E-state index contributed by atoms with van der Waals surface area (Å²) in [5, 5.41) is 0. The van der Waals surface area contributed by atoms with Crippen LogP contribution in [-0.2, 0) is 11.3 Å². The van der Waals surface area contributed by atoms with Crippen LogP contribution in [0.3, 0.4) is 0 Å². The van der Waals surface area contributed by atoms with Gasteiger partial charge in [0.15, 0.2) is 0 Å². The largest absolute Gasteiger partial charge is 0.422 e. The van der Waals surface area contributed by atoms with Crippen molar-refractivity contribution in [2.45, 2.75) is 19.9 Å². The number of nitrogens with zero attached hydrogens (tertiary/aromatic N) is 2. The lowest BCUT2D eigenvalue weighted by Crippen LogP contribution is -2.06. The minimum Gasteiger partial charge on any atom is -0.422 e. The van der Waals surface area contributed by atoms with Crippen molar-refractivity contribution in [3.63, 3.8) is 0 Å². The molecular weight excluding hydrogens is 398 g/mol. The molecule has 1 aromatic heterocycles. The summed E-state index contributed by atoms with van der Waals surface area (Å²) < 4.78 is 34.4. The van der Waals surface area contributed by atoms with Gasteiger partial charge in [-0.1, -0.05) is 19.1 Å². The molecule has 0 spiro atoms. The van der Waals surface area contributed by atoms with Gasteiger partial charge in [0.1, 0.15) is 23.2 Å². The Morgan fingerprint density at radius 3 is 2.19 bits per heavy atom. The first-order chi connectivity index (χ1) is 15.0. The minimum atomic E-state index is -0.645. The number of fused-ring (bicyclic) bond motifs is 1. The van der Waals surface area contributed by atoms with Gasteiger partial charge in [-0.25, -0.2) is 18.6 Å². The molecule has 1 heterocycles. The van der Waals surface area contributed by atoms with Crippen molar-refractivity contribution in [1.29, 1.82) is 0 Å². The number of carbonyl (C=O) groups is 1. The summed E-state index contributed by atoms with van der Waals surface area (Å²) in [5.41, 5.74) is 2.52. The summed E-state index contributed by atoms with van der Waals surface area (Å²) in [5.74, 6) is -0.643. The van der Waals surface area contributed by atoms with E-state index in [1.54, 1.807) is 6.08 Å². The van der Waals surface area contributed by atoms with Gasteiger partial charge in [-0.05, 0) is 67.1 Å². The Hall–Kier alpha value is -3.80. The SMILES string of the molecule is CCCn1c(/C=C(\OC(=O)c2ccc(F)cc2)c2ccc(F)cc2)nc2ccccc21. The second kappa shape index (κ2) is 8.92. The second-order valence-electron chi connectivity index (χ2n) is 7.02. The van der Waals surface area contributed by atoms with Gasteiger partial charge in [0.2, 0.25) is 0 Å². The topological polar surface area (TPSA) is 44.1 Å². The highest BCUT2D eigenvalue weighted by molar-refractivity contribution is 5.95. The van der Waals surface area contributed by atoms with Crippen molar-refractivity contribution in [1.82, 2.24) is 9.55 Å². The highest BCUT2D eigenvalue weighted by Crippen LogP contribution is 2.24. The Labute approximate surface area is 178 Å². The lowest BCUT2D eigenvalue weighted by Gasteiger charge is -2.11. The Balaban J connectivity index is 1.79. The molecule has 0 N–H and O–H groups in total. The van der Waals surface area contributed by atoms with Gasteiger partial charge in [0.25, 0.3) is 0 Å². The predicted octanol–water partition coefficient (Wildman–Crippen LogP) is 6.08. The predicted molar refractivity (Wildman–Crippen MR) is 116 cm³/mol. The molecule has 156 valence electrons. The van der Waals surface area contributed by atoms with Crippen molar-refractivity contribution >= 4 is 28.8 Å². The molecule has 0 aliphatic carbocycles. The van der Waals surface area contributed by atoms with E-state index in [-0.39, 0.29) is 11.3 Å². The molecule has 0 bridgehead atoms. The number of benzene rings is 3. The maximum absolute atomic E-state index is 13.5. The monoisotopic (exact) mass is 418 g/mol. The van der Waals surface area contributed by atoms with Crippen molar-refractivity contribution in [3.05, 3.63) is 101 Å². The molecule has 0 unspecified atom stereocenters. The van der Waals surface area contributed by atoms with Crippen molar-refractivity contribution < 1.29 is 18.3 Å². The normalized spacial score (nSPS) is 11.6. The number of para-hydroxylation sites is 2. The zero-order chi connectivity index (χ0) is 21.8. The number of halogens is 2. The van der Waals surface area contributed by atoms with Gasteiger partial charge in [0, 0.05) is 18.2 Å². The van der Waals surface area contributed by atoms with Crippen LogP contribution in [-0.4, -0.2) is 15.5 Å². The molecule has 0 atom stereocenters. The van der Waals surface area contributed by atoms with E-state index < -0.39 is 17.6 Å². The Kier molecular flexibility index (Phi) is 5.89. The van der Waals surface area contributed by atoms with E-state index in [0.717, 1.165) is 24.0 Å². The molecule has 0 aliphatic heterocycles. The molecule has 6 heteroatoms. The second-order valence-corrected chi connectivity index (χ2v) is 7.02. The molecule has 0 aliphatic rings. The van der Waals surface area contributed by atoms with E-state index in [0.29, 0.717) is 11.4 Å². The van der Waals surface area contributed by atoms with Gasteiger partial charge in [-0.2, -0.15) is 0 Å². The average molecular weight is 418 g/mol. The van der Waals surface area contributed by atoms with E-state index in [2.05, 4.69) is 11.9 Å². The number of hydrogen-bond acceptors (Lipinski definition) is 3. The summed E-state index contributed by atoms with van der Waals surface area (Å²) in [7, 11) is 0. The van der Waals surface area contributed by atoms with Crippen LogP contribution in [0.4, 0.5) is 8.78 Å². The van der Waals surface area contributed by atoms with Crippen LogP contribution < -0.4 is 0 Å². The van der Waals surface area contributed by atoms with Crippen LogP contribution in [0.25, 0.3) is 22.9 Å². The van der Waals surface area contributed by atoms with E-state index >= 15 is 0 Å². The van der Waals surface area contributed by atoms with Gasteiger partial charge in [0.05, 0.1) is 16.6 Å². The van der Waals surface area contributed by atoms with Gasteiger partial charge in [-0.15, -0.1) is 0 Å². The zero-order valence-corrected chi connectivity index (χ0v) is 16.9. The molecule has 3 aromatic carbocycles. The Morgan fingerprint density at radius 1 is 0.935 bits per heavy atom. The maximum Gasteiger partial charge on any atom is 0.343 e. The fourth-order valence-electron chi connectivity index (χ4n) is 3.31. The molecule has 31 heavy (non-hydrogen) atoms. The molecule has 4 aromatic rings. The molecule has 0 amide bonds. The summed E-state index contributed by atoms with van der Waals surface area (Å²) in [6, 6.07) is 18.5. The molecule has 4 rings (SSSR count). The fraction of sp³-hybridized carbons (Fsp3) is 0.120. The van der Waals surface area contributed by atoms with E-state index in [9.17, 15) is 13.6 Å². The number of aryl methyl sites for hydroxylation is 1. The number of hydrogen-bond donors (Lipinski definition) is 0. The molecule has 0 saturated carbocycles. The number of rotatable bonds is 6. The number of esters is 1. The Bertz CT molecular complexity index is 1240. The molecular formula is C25H20F2N2O2. The molecule has 0 fully saturated rings. The van der Waals surface area contributed by atoms with E-state index in [4.69, 9.17) is 4.74 Å². The first-order valence-corrected chi connectivity index (χ1v) is 9.96. The number of aromatic nitrogens is 2. The third kappa shape index (κ3) is 4.53. The molecule has 0 saturated heterocycles. The van der Waals surface area contributed by atoms with Gasteiger partial charge >= 0.3 is 5.97 Å². The quantitative estimate of drug-likeness (QED) is 0.282. The lowest BCUT2D eigenvalue weighted by molar-refractivity contribution is 0.0693. The van der Waals surface area contributed by atoms with Crippen LogP contribution in [0.5, 0.6) is 0 Å². The zero-order valence-electron chi connectivity index (χ0n) is 16.9. The standard InChI is InChI=1S/C25H20F2N2O2/c1-2-15-29-22-6-4-3-5-21(22)28-24(29)16-23(17-7-11-19(26)12-8-17)31-25(30)18-9-13-20(27)14-10-18/h3-14,16H,2,15H2,1H3/b23-16-. The van der Waals surface area contributed by atoms with Crippen LogP contribution in [0.2, 0.25) is 0 Å². The first kappa shape index (κ1) is 20.5. The Morgan fingerprint density at radius 2 is 1.55 bits per heavy atom. The summed E-state index contributed by atoms with van der Waals surface area (Å²) in [6.45, 7) is 2.80. The summed E-state index contributed by atoms with van der Waals surface area (Å²) in [4.78, 5) is 17.4.